The second kappa shape index (κ2) is 9.05. The van der Waals surface area contributed by atoms with Crippen molar-refractivity contribution in [2.24, 2.45) is 0 Å². The molecule has 1 unspecified atom stereocenters. The van der Waals surface area contributed by atoms with Crippen LogP contribution >= 0.6 is 0 Å². The number of hydrogen-bond donors (Lipinski definition) is 1. The van der Waals surface area contributed by atoms with Crippen LogP contribution in [0.25, 0.3) is 6.08 Å². The number of sulfonamides is 1. The molecule has 2 rings (SSSR count). The number of nitrogens with zero attached hydrogens (tertiary/aromatic N) is 1. The third-order valence-corrected chi connectivity index (χ3v) is 4.97. The normalized spacial score (nSPS) is 18.1. The van der Waals surface area contributed by atoms with Gasteiger partial charge in [0.05, 0.1) is 20.5 Å². The minimum absolute atomic E-state index is 0.129. The number of methoxy groups -OCH3 is 2. The van der Waals surface area contributed by atoms with E-state index in [0.29, 0.717) is 18.0 Å². The summed E-state index contributed by atoms with van der Waals surface area (Å²) >= 11 is 0. The Hall–Kier alpha value is -2.06. The van der Waals surface area contributed by atoms with Crippen LogP contribution in [-0.4, -0.2) is 58.8 Å². The molecule has 1 saturated heterocycles. The van der Waals surface area contributed by atoms with Crippen LogP contribution in [0, 0.1) is 0 Å². The molecular weight excluding hydrogens is 356 g/mol. The molecule has 1 amide bonds. The Balaban J connectivity index is 2.10. The Labute approximate surface area is 155 Å². The zero-order chi connectivity index (χ0) is 19.2. The number of ether oxygens (including phenoxy) is 2. The Kier molecular flexibility index (Phi) is 7.05. The molecule has 1 fully saturated rings. The molecule has 0 saturated carbocycles. The average Bonchev–Trinajstić information content (AvgIpc) is 2.63. The van der Waals surface area contributed by atoms with Gasteiger partial charge >= 0.3 is 0 Å². The highest BCUT2D eigenvalue weighted by Gasteiger charge is 2.25. The third kappa shape index (κ3) is 6.03. The maximum atomic E-state index is 12.6. The summed E-state index contributed by atoms with van der Waals surface area (Å²) in [5.41, 5.74) is 0.789. The molecule has 26 heavy (non-hydrogen) atoms. The van der Waals surface area contributed by atoms with Gasteiger partial charge in [-0.3, -0.25) is 4.79 Å². The van der Waals surface area contributed by atoms with Gasteiger partial charge in [0.2, 0.25) is 15.9 Å². The number of carbonyl (C=O) groups excluding carboxylic acids is 1. The molecule has 7 nitrogen and oxygen atoms in total. The number of amides is 1. The monoisotopic (exact) mass is 382 g/mol. The topological polar surface area (TPSA) is 84.9 Å². The van der Waals surface area contributed by atoms with Crippen molar-refractivity contribution in [1.29, 1.82) is 0 Å². The average molecular weight is 382 g/mol. The van der Waals surface area contributed by atoms with E-state index in [1.165, 1.54) is 6.08 Å². The number of hydrogen-bond acceptors (Lipinski definition) is 5. The van der Waals surface area contributed by atoms with E-state index in [4.69, 9.17) is 9.47 Å². The summed E-state index contributed by atoms with van der Waals surface area (Å²) in [6.45, 7) is 0.867. The number of likely N-dealkylation sites (tertiary alicyclic amines) is 1. The first-order chi connectivity index (χ1) is 12.3. The maximum Gasteiger partial charge on any atom is 0.246 e. The lowest BCUT2D eigenvalue weighted by atomic mass is 10.0. The molecule has 0 spiro atoms. The molecular formula is C18H26N2O5S. The van der Waals surface area contributed by atoms with Gasteiger partial charge < -0.3 is 14.4 Å². The van der Waals surface area contributed by atoms with E-state index in [1.807, 2.05) is 12.1 Å². The highest BCUT2D eigenvalue weighted by molar-refractivity contribution is 7.88. The standard InChI is InChI=1S/C18H26N2O5S/c1-24-16-10-14(11-17(12-16)25-2)7-8-18(21)20-9-5-4-6-15(20)13-19-26(3,22)23/h7-8,10-12,15,19H,4-6,9,13H2,1-3H3/b8-7+. The lowest BCUT2D eigenvalue weighted by Crippen LogP contribution is -2.48. The molecule has 0 aliphatic carbocycles. The summed E-state index contributed by atoms with van der Waals surface area (Å²) in [6, 6.07) is 5.25. The highest BCUT2D eigenvalue weighted by atomic mass is 32.2. The van der Waals surface area contributed by atoms with Crippen molar-refractivity contribution in [3.05, 3.63) is 29.8 Å². The number of carbonyl (C=O) groups is 1. The molecule has 0 radical (unpaired) electrons. The van der Waals surface area contributed by atoms with Crippen LogP contribution in [0.15, 0.2) is 24.3 Å². The van der Waals surface area contributed by atoms with E-state index in [-0.39, 0.29) is 18.5 Å². The van der Waals surface area contributed by atoms with Crippen LogP contribution in [0.2, 0.25) is 0 Å². The molecule has 1 N–H and O–H groups in total. The zero-order valence-corrected chi connectivity index (χ0v) is 16.2. The Morgan fingerprint density at radius 1 is 1.23 bits per heavy atom. The van der Waals surface area contributed by atoms with Crippen LogP contribution in [-0.2, 0) is 14.8 Å². The van der Waals surface area contributed by atoms with Crippen LogP contribution in [0.4, 0.5) is 0 Å². The van der Waals surface area contributed by atoms with Crippen molar-refractivity contribution >= 4 is 22.0 Å². The fourth-order valence-corrected chi connectivity index (χ4v) is 3.43. The molecule has 0 aromatic heterocycles. The van der Waals surface area contributed by atoms with Gasteiger partial charge in [-0.1, -0.05) is 0 Å². The van der Waals surface area contributed by atoms with Crippen molar-refractivity contribution in [3.8, 4) is 11.5 Å². The first-order valence-corrected chi connectivity index (χ1v) is 10.4. The smallest absolute Gasteiger partial charge is 0.246 e. The second-order valence-electron chi connectivity index (χ2n) is 6.28. The van der Waals surface area contributed by atoms with Crippen molar-refractivity contribution in [1.82, 2.24) is 9.62 Å². The quantitative estimate of drug-likeness (QED) is 0.725. The van der Waals surface area contributed by atoms with Gasteiger partial charge in [-0.25, -0.2) is 13.1 Å². The van der Waals surface area contributed by atoms with Gasteiger partial charge in [0, 0.05) is 31.3 Å². The summed E-state index contributed by atoms with van der Waals surface area (Å²) in [5.74, 6) is 1.15. The fourth-order valence-electron chi connectivity index (χ4n) is 2.94. The van der Waals surface area contributed by atoms with Gasteiger partial charge in [-0.05, 0) is 43.0 Å². The van der Waals surface area contributed by atoms with Gasteiger partial charge in [-0.15, -0.1) is 0 Å². The lowest BCUT2D eigenvalue weighted by Gasteiger charge is -2.35. The van der Waals surface area contributed by atoms with Crippen molar-refractivity contribution < 1.29 is 22.7 Å². The molecule has 8 heteroatoms. The van der Waals surface area contributed by atoms with Crippen LogP contribution in [0.1, 0.15) is 24.8 Å². The number of nitrogens with one attached hydrogen (secondary N) is 1. The van der Waals surface area contributed by atoms with Gasteiger partial charge in [0.1, 0.15) is 11.5 Å². The third-order valence-electron chi connectivity index (χ3n) is 4.28. The van der Waals surface area contributed by atoms with Crippen molar-refractivity contribution in [2.45, 2.75) is 25.3 Å². The number of piperidine rings is 1. The van der Waals surface area contributed by atoms with E-state index < -0.39 is 10.0 Å². The van der Waals surface area contributed by atoms with E-state index in [2.05, 4.69) is 4.72 Å². The van der Waals surface area contributed by atoms with Gasteiger partial charge in [0.15, 0.2) is 0 Å². The number of rotatable bonds is 7. The Bertz CT molecular complexity index is 739. The van der Waals surface area contributed by atoms with Crippen molar-refractivity contribution in [2.75, 3.05) is 33.6 Å². The summed E-state index contributed by atoms with van der Waals surface area (Å²) in [4.78, 5) is 14.3. The predicted octanol–water partition coefficient (Wildman–Crippen LogP) is 1.65. The van der Waals surface area contributed by atoms with Crippen LogP contribution < -0.4 is 14.2 Å². The summed E-state index contributed by atoms with van der Waals surface area (Å²) in [7, 11) is -0.137. The number of benzene rings is 1. The molecule has 1 aliphatic heterocycles. The summed E-state index contributed by atoms with van der Waals surface area (Å²) in [6.07, 6.45) is 7.03. The largest absolute Gasteiger partial charge is 0.497 e. The predicted molar refractivity (Wildman–Crippen MR) is 101 cm³/mol. The minimum atomic E-state index is -3.28. The highest BCUT2D eigenvalue weighted by Crippen LogP contribution is 2.23. The molecule has 1 aromatic rings. The minimum Gasteiger partial charge on any atom is -0.497 e. The molecule has 144 valence electrons. The first-order valence-electron chi connectivity index (χ1n) is 8.49. The maximum absolute atomic E-state index is 12.6. The molecule has 1 atom stereocenters. The Morgan fingerprint density at radius 2 is 1.88 bits per heavy atom. The lowest BCUT2D eigenvalue weighted by molar-refractivity contribution is -0.129. The SMILES string of the molecule is COc1cc(/C=C/C(=O)N2CCCCC2CNS(C)(=O)=O)cc(OC)c1. The van der Waals surface area contributed by atoms with E-state index in [9.17, 15) is 13.2 Å². The van der Waals surface area contributed by atoms with Crippen molar-refractivity contribution in [3.63, 3.8) is 0 Å². The first kappa shape index (κ1) is 20.3. The van der Waals surface area contributed by atoms with E-state index in [0.717, 1.165) is 31.1 Å². The van der Waals surface area contributed by atoms with E-state index in [1.54, 1.807) is 31.3 Å². The fraction of sp³-hybridized carbons (Fsp3) is 0.500. The van der Waals surface area contributed by atoms with Crippen LogP contribution in [0.3, 0.4) is 0 Å². The van der Waals surface area contributed by atoms with E-state index >= 15 is 0 Å². The molecule has 1 aliphatic rings. The van der Waals surface area contributed by atoms with Gasteiger partial charge in [-0.2, -0.15) is 0 Å². The zero-order valence-electron chi connectivity index (χ0n) is 15.4. The summed E-state index contributed by atoms with van der Waals surface area (Å²) < 4.78 is 35.6. The summed E-state index contributed by atoms with van der Waals surface area (Å²) in [5, 5.41) is 0. The Morgan fingerprint density at radius 3 is 2.46 bits per heavy atom. The van der Waals surface area contributed by atoms with Gasteiger partial charge in [0.25, 0.3) is 0 Å². The molecule has 1 heterocycles. The molecule has 0 bridgehead atoms. The second-order valence-corrected chi connectivity index (χ2v) is 8.11. The molecule has 1 aromatic carbocycles. The van der Waals surface area contributed by atoms with Crippen LogP contribution in [0.5, 0.6) is 11.5 Å².